The van der Waals surface area contributed by atoms with Gasteiger partial charge >= 0.3 is 12.4 Å². The van der Waals surface area contributed by atoms with E-state index in [1.165, 1.54) is 25.4 Å². The van der Waals surface area contributed by atoms with Crippen LogP contribution in [-0.4, -0.2) is 29.3 Å². The third kappa shape index (κ3) is 4.44. The van der Waals surface area contributed by atoms with E-state index in [9.17, 15) is 31.1 Å². The van der Waals surface area contributed by atoms with Gasteiger partial charge in [0.2, 0.25) is 0 Å². The minimum atomic E-state index is -4.99. The smallest absolute Gasteiger partial charge is 0.434 e. The first-order chi connectivity index (χ1) is 13.5. The molecule has 0 aliphatic carbocycles. The molecule has 0 bridgehead atoms. The Hall–Kier alpha value is -3.24. The van der Waals surface area contributed by atoms with Crippen molar-refractivity contribution in [1.82, 2.24) is 9.38 Å². The Morgan fingerprint density at radius 2 is 1.76 bits per heavy atom. The molecule has 0 saturated carbocycles. The molecule has 1 aromatic carbocycles. The van der Waals surface area contributed by atoms with E-state index in [2.05, 4.69) is 9.72 Å². The van der Waals surface area contributed by atoms with E-state index >= 15 is 0 Å². The Morgan fingerprint density at radius 1 is 1.03 bits per heavy atom. The van der Waals surface area contributed by atoms with E-state index in [4.69, 9.17) is 4.74 Å². The highest BCUT2D eigenvalue weighted by molar-refractivity contribution is 5.69. The van der Waals surface area contributed by atoms with E-state index in [0.29, 0.717) is 0 Å². The number of alkyl halides is 6. The topological polar surface area (TPSA) is 52.8 Å². The SMILES string of the molecule is COc1ccn2c(=O)c(-c3cccc(OCC(F)(F)F)c3)c(C(F)(F)F)nc2c1. The molecule has 0 fully saturated rings. The first kappa shape index (κ1) is 20.5. The van der Waals surface area contributed by atoms with Crippen LogP contribution in [-0.2, 0) is 6.18 Å². The van der Waals surface area contributed by atoms with Gasteiger partial charge in [-0.2, -0.15) is 26.3 Å². The first-order valence-electron chi connectivity index (χ1n) is 7.97. The van der Waals surface area contributed by atoms with Gasteiger partial charge in [-0.25, -0.2) is 4.98 Å². The van der Waals surface area contributed by atoms with E-state index in [-0.39, 0.29) is 22.7 Å². The highest BCUT2D eigenvalue weighted by atomic mass is 19.4. The highest BCUT2D eigenvalue weighted by Crippen LogP contribution is 2.35. The van der Waals surface area contributed by atoms with Gasteiger partial charge < -0.3 is 9.47 Å². The monoisotopic (exact) mass is 418 g/mol. The fourth-order valence-corrected chi connectivity index (χ4v) is 2.62. The lowest BCUT2D eigenvalue weighted by molar-refractivity contribution is -0.153. The highest BCUT2D eigenvalue weighted by Gasteiger charge is 2.38. The minimum Gasteiger partial charge on any atom is -0.497 e. The summed E-state index contributed by atoms with van der Waals surface area (Å²) in [7, 11) is 1.30. The van der Waals surface area contributed by atoms with Crippen LogP contribution in [0, 0.1) is 0 Å². The summed E-state index contributed by atoms with van der Waals surface area (Å²) in [5, 5.41) is 0. The summed E-state index contributed by atoms with van der Waals surface area (Å²) in [6, 6.07) is 6.92. The number of halogens is 6. The number of hydrogen-bond acceptors (Lipinski definition) is 4. The average Bonchev–Trinajstić information content (AvgIpc) is 2.64. The van der Waals surface area contributed by atoms with Gasteiger partial charge in [0, 0.05) is 12.3 Å². The van der Waals surface area contributed by atoms with Gasteiger partial charge in [-0.05, 0) is 23.8 Å². The number of aromatic nitrogens is 2. The lowest BCUT2D eigenvalue weighted by Crippen LogP contribution is -2.24. The maximum Gasteiger partial charge on any atom is 0.434 e. The van der Waals surface area contributed by atoms with Crippen LogP contribution in [0.15, 0.2) is 47.4 Å². The zero-order valence-corrected chi connectivity index (χ0v) is 14.6. The fourth-order valence-electron chi connectivity index (χ4n) is 2.62. The Morgan fingerprint density at radius 3 is 2.38 bits per heavy atom. The van der Waals surface area contributed by atoms with Crippen LogP contribution >= 0.6 is 0 Å². The normalized spacial score (nSPS) is 12.2. The second kappa shape index (κ2) is 7.30. The maximum absolute atomic E-state index is 13.6. The van der Waals surface area contributed by atoms with Crippen molar-refractivity contribution in [3.63, 3.8) is 0 Å². The predicted molar refractivity (Wildman–Crippen MR) is 90.0 cm³/mol. The quantitative estimate of drug-likeness (QED) is 0.592. The molecule has 2 heterocycles. The maximum atomic E-state index is 13.6. The summed E-state index contributed by atoms with van der Waals surface area (Å²) in [6.45, 7) is -1.63. The van der Waals surface area contributed by atoms with Crippen LogP contribution < -0.4 is 15.0 Å². The van der Waals surface area contributed by atoms with Crippen molar-refractivity contribution in [3.8, 4) is 22.6 Å². The van der Waals surface area contributed by atoms with Crippen LogP contribution in [0.4, 0.5) is 26.3 Å². The van der Waals surface area contributed by atoms with E-state index in [1.54, 1.807) is 0 Å². The van der Waals surface area contributed by atoms with E-state index < -0.39 is 35.8 Å². The first-order valence-corrected chi connectivity index (χ1v) is 7.97. The summed E-state index contributed by atoms with van der Waals surface area (Å²) < 4.78 is 88.2. The molecule has 2 aromatic heterocycles. The van der Waals surface area contributed by atoms with Crippen LogP contribution in [0.3, 0.4) is 0 Å². The number of fused-ring (bicyclic) bond motifs is 1. The van der Waals surface area contributed by atoms with Gasteiger partial charge in [0.1, 0.15) is 17.1 Å². The summed E-state index contributed by atoms with van der Waals surface area (Å²) >= 11 is 0. The summed E-state index contributed by atoms with van der Waals surface area (Å²) in [5.74, 6) is -0.146. The Balaban J connectivity index is 2.21. The number of hydrogen-bond donors (Lipinski definition) is 0. The zero-order chi connectivity index (χ0) is 21.4. The summed E-state index contributed by atoms with van der Waals surface area (Å²) in [6.07, 6.45) is -8.43. The molecule has 0 spiro atoms. The van der Waals surface area contributed by atoms with E-state index in [1.807, 2.05) is 0 Å². The minimum absolute atomic E-state index is 0.195. The second-order valence-electron chi connectivity index (χ2n) is 5.86. The number of benzene rings is 1. The molecule has 0 amide bonds. The van der Waals surface area contributed by atoms with Crippen molar-refractivity contribution >= 4 is 5.65 Å². The summed E-state index contributed by atoms with van der Waals surface area (Å²) in [5.41, 5.74) is -3.89. The summed E-state index contributed by atoms with van der Waals surface area (Å²) in [4.78, 5) is 16.3. The van der Waals surface area contributed by atoms with Gasteiger partial charge in [-0.1, -0.05) is 12.1 Å². The molecule has 0 aliphatic rings. The molecule has 11 heteroatoms. The molecular weight excluding hydrogens is 406 g/mol. The average molecular weight is 418 g/mol. The number of rotatable bonds is 4. The van der Waals surface area contributed by atoms with Gasteiger partial charge in [0.15, 0.2) is 12.3 Å². The Kier molecular flexibility index (Phi) is 5.16. The zero-order valence-electron chi connectivity index (χ0n) is 14.6. The number of ether oxygens (including phenoxy) is 2. The third-order valence-electron chi connectivity index (χ3n) is 3.83. The largest absolute Gasteiger partial charge is 0.497 e. The van der Waals surface area contributed by atoms with Gasteiger partial charge in [0.25, 0.3) is 5.56 Å². The van der Waals surface area contributed by atoms with Crippen molar-refractivity contribution in [2.75, 3.05) is 13.7 Å². The number of pyridine rings is 1. The standard InChI is InChI=1S/C18H12F6N2O3/c1-28-11-5-6-26-13(8-11)25-15(18(22,23)24)14(16(26)27)10-3-2-4-12(7-10)29-9-17(19,20)21/h2-8H,9H2,1H3. The predicted octanol–water partition coefficient (Wildman–Crippen LogP) is 4.33. The number of nitrogens with zero attached hydrogens (tertiary/aromatic N) is 2. The van der Waals surface area contributed by atoms with Gasteiger partial charge in [-0.15, -0.1) is 0 Å². The molecule has 0 aliphatic heterocycles. The second-order valence-corrected chi connectivity index (χ2v) is 5.86. The molecular formula is C18H12F6N2O3. The van der Waals surface area contributed by atoms with Crippen LogP contribution in [0.2, 0.25) is 0 Å². The molecule has 5 nitrogen and oxygen atoms in total. The van der Waals surface area contributed by atoms with Crippen molar-refractivity contribution in [2.45, 2.75) is 12.4 Å². The van der Waals surface area contributed by atoms with Crippen LogP contribution in [0.25, 0.3) is 16.8 Å². The fraction of sp³-hybridized carbons (Fsp3) is 0.222. The molecule has 0 N–H and O–H groups in total. The molecule has 0 atom stereocenters. The molecule has 154 valence electrons. The van der Waals surface area contributed by atoms with Crippen LogP contribution in [0.1, 0.15) is 5.69 Å². The lowest BCUT2D eigenvalue weighted by Gasteiger charge is -2.15. The Labute approximate surface area is 159 Å². The lowest BCUT2D eigenvalue weighted by atomic mass is 10.0. The van der Waals surface area contributed by atoms with Crippen molar-refractivity contribution in [2.24, 2.45) is 0 Å². The molecule has 3 rings (SSSR count). The third-order valence-corrected chi connectivity index (χ3v) is 3.83. The molecule has 0 saturated heterocycles. The van der Waals surface area contributed by atoms with Crippen molar-refractivity contribution < 1.29 is 35.8 Å². The molecule has 3 aromatic rings. The van der Waals surface area contributed by atoms with Crippen molar-refractivity contribution in [3.05, 3.63) is 58.6 Å². The molecule has 0 unspecified atom stereocenters. The van der Waals surface area contributed by atoms with Gasteiger partial charge in [0.05, 0.1) is 12.7 Å². The van der Waals surface area contributed by atoms with Gasteiger partial charge in [-0.3, -0.25) is 9.20 Å². The van der Waals surface area contributed by atoms with Crippen molar-refractivity contribution in [1.29, 1.82) is 0 Å². The van der Waals surface area contributed by atoms with E-state index in [0.717, 1.165) is 28.7 Å². The molecule has 29 heavy (non-hydrogen) atoms. The number of methoxy groups -OCH3 is 1. The van der Waals surface area contributed by atoms with Crippen LogP contribution in [0.5, 0.6) is 11.5 Å². The molecule has 0 radical (unpaired) electrons. The Bertz CT molecular complexity index is 1110.